The molecule has 0 aliphatic heterocycles. The van der Waals surface area contributed by atoms with E-state index < -0.39 is 0 Å². The topological polar surface area (TPSA) is 46.5 Å². The van der Waals surface area contributed by atoms with Gasteiger partial charge in [0.2, 0.25) is 0 Å². The van der Waals surface area contributed by atoms with Gasteiger partial charge in [0.25, 0.3) is 0 Å². The maximum atomic E-state index is 12.5. The first-order valence-corrected chi connectivity index (χ1v) is 6.87. The van der Waals surface area contributed by atoms with Gasteiger partial charge in [-0.15, -0.1) is 6.58 Å². The molecule has 2 rings (SSSR count). The van der Waals surface area contributed by atoms with E-state index in [2.05, 4.69) is 6.58 Å². The summed E-state index contributed by atoms with van der Waals surface area (Å²) in [5, 5.41) is 10.4. The van der Waals surface area contributed by atoms with Crippen LogP contribution in [0.3, 0.4) is 0 Å². The van der Waals surface area contributed by atoms with Crippen molar-refractivity contribution in [2.24, 2.45) is 0 Å². The zero-order valence-electron chi connectivity index (χ0n) is 12.0. The summed E-state index contributed by atoms with van der Waals surface area (Å²) in [4.78, 5) is 12.5. The lowest BCUT2D eigenvalue weighted by molar-refractivity contribution is 0.103. The highest BCUT2D eigenvalue weighted by Crippen LogP contribution is 2.33. The van der Waals surface area contributed by atoms with Crippen LogP contribution < -0.4 is 4.74 Å². The first kappa shape index (κ1) is 14.9. The van der Waals surface area contributed by atoms with E-state index in [1.165, 1.54) is 0 Å². The average Bonchev–Trinajstić information content (AvgIpc) is 2.51. The van der Waals surface area contributed by atoms with Crippen molar-refractivity contribution < 1.29 is 14.6 Å². The van der Waals surface area contributed by atoms with Crippen LogP contribution in [0.1, 0.15) is 28.4 Å². The maximum absolute atomic E-state index is 12.5. The first-order chi connectivity index (χ1) is 10.2. The number of hydrogen-bond acceptors (Lipinski definition) is 3. The third-order valence-corrected chi connectivity index (χ3v) is 3.17. The Morgan fingerprint density at radius 3 is 2.57 bits per heavy atom. The summed E-state index contributed by atoms with van der Waals surface area (Å²) >= 11 is 0. The second kappa shape index (κ2) is 6.75. The standard InChI is InChI=1S/C18H18O3/c1-3-8-14-16(21-4-2)12-11-15(18(14)20)17(19)13-9-6-5-7-10-13/h3,5-7,9-12,20H,1,4,8H2,2H3. The van der Waals surface area contributed by atoms with E-state index in [9.17, 15) is 9.90 Å². The minimum atomic E-state index is -0.207. The summed E-state index contributed by atoms with van der Waals surface area (Å²) in [6.07, 6.45) is 2.12. The molecule has 1 N–H and O–H groups in total. The predicted octanol–water partition coefficient (Wildman–Crippen LogP) is 3.75. The lowest BCUT2D eigenvalue weighted by Gasteiger charge is -2.13. The Bertz CT molecular complexity index is 645. The highest BCUT2D eigenvalue weighted by Gasteiger charge is 2.18. The van der Waals surface area contributed by atoms with Gasteiger partial charge in [-0.2, -0.15) is 0 Å². The number of ketones is 1. The van der Waals surface area contributed by atoms with E-state index in [1.54, 1.807) is 42.5 Å². The van der Waals surface area contributed by atoms with Gasteiger partial charge in [-0.25, -0.2) is 0 Å². The van der Waals surface area contributed by atoms with Gasteiger partial charge in [0.15, 0.2) is 5.78 Å². The zero-order chi connectivity index (χ0) is 15.2. The molecule has 0 aliphatic rings. The second-order valence-corrected chi connectivity index (χ2v) is 4.56. The van der Waals surface area contributed by atoms with Gasteiger partial charge in [-0.05, 0) is 25.5 Å². The normalized spacial score (nSPS) is 10.1. The molecule has 0 saturated carbocycles. The molecule has 2 aromatic rings. The molecular weight excluding hydrogens is 264 g/mol. The summed E-state index contributed by atoms with van der Waals surface area (Å²) in [5.41, 5.74) is 1.41. The van der Waals surface area contributed by atoms with Crippen molar-refractivity contribution in [1.82, 2.24) is 0 Å². The minimum absolute atomic E-state index is 0.0327. The van der Waals surface area contributed by atoms with Crippen LogP contribution in [0.15, 0.2) is 55.1 Å². The lowest BCUT2D eigenvalue weighted by atomic mass is 9.98. The Balaban J connectivity index is 2.48. The minimum Gasteiger partial charge on any atom is -0.507 e. The fraction of sp³-hybridized carbons (Fsp3) is 0.167. The molecule has 0 bridgehead atoms. The largest absolute Gasteiger partial charge is 0.507 e. The van der Waals surface area contributed by atoms with Gasteiger partial charge < -0.3 is 9.84 Å². The monoisotopic (exact) mass is 282 g/mol. The molecule has 0 saturated heterocycles. The first-order valence-electron chi connectivity index (χ1n) is 6.87. The molecule has 0 spiro atoms. The van der Waals surface area contributed by atoms with Crippen molar-refractivity contribution >= 4 is 5.78 Å². The van der Waals surface area contributed by atoms with Gasteiger partial charge in [0.05, 0.1) is 12.2 Å². The molecule has 108 valence electrons. The Morgan fingerprint density at radius 2 is 1.95 bits per heavy atom. The van der Waals surface area contributed by atoms with Crippen LogP contribution in [-0.2, 0) is 6.42 Å². The Hall–Kier alpha value is -2.55. The van der Waals surface area contributed by atoms with Gasteiger partial charge in [0.1, 0.15) is 11.5 Å². The number of carbonyl (C=O) groups is 1. The van der Waals surface area contributed by atoms with E-state index in [4.69, 9.17) is 4.74 Å². The van der Waals surface area contributed by atoms with Crippen LogP contribution in [0.4, 0.5) is 0 Å². The van der Waals surface area contributed by atoms with Crippen LogP contribution in [-0.4, -0.2) is 17.5 Å². The number of hydrogen-bond donors (Lipinski definition) is 1. The Kier molecular flexibility index (Phi) is 4.77. The number of carbonyl (C=O) groups excluding carboxylic acids is 1. The van der Waals surface area contributed by atoms with Crippen molar-refractivity contribution in [2.75, 3.05) is 6.61 Å². The van der Waals surface area contributed by atoms with Crippen LogP contribution >= 0.6 is 0 Å². The van der Waals surface area contributed by atoms with Crippen LogP contribution in [0.2, 0.25) is 0 Å². The van der Waals surface area contributed by atoms with E-state index in [0.717, 1.165) is 0 Å². The quantitative estimate of drug-likeness (QED) is 0.648. The highest BCUT2D eigenvalue weighted by atomic mass is 16.5. The van der Waals surface area contributed by atoms with Crippen LogP contribution in [0, 0.1) is 0 Å². The number of benzene rings is 2. The zero-order valence-corrected chi connectivity index (χ0v) is 12.0. The Morgan fingerprint density at radius 1 is 1.24 bits per heavy atom. The second-order valence-electron chi connectivity index (χ2n) is 4.56. The van der Waals surface area contributed by atoms with Crippen molar-refractivity contribution in [3.63, 3.8) is 0 Å². The molecule has 0 heterocycles. The number of allylic oxidation sites excluding steroid dienone is 1. The smallest absolute Gasteiger partial charge is 0.196 e. The van der Waals surface area contributed by atoms with Crippen molar-refractivity contribution in [1.29, 1.82) is 0 Å². The number of aromatic hydroxyl groups is 1. The fourth-order valence-electron chi connectivity index (χ4n) is 2.18. The van der Waals surface area contributed by atoms with E-state index in [0.29, 0.717) is 29.9 Å². The van der Waals surface area contributed by atoms with Gasteiger partial charge in [0, 0.05) is 11.1 Å². The molecular formula is C18H18O3. The molecule has 3 nitrogen and oxygen atoms in total. The summed E-state index contributed by atoms with van der Waals surface area (Å²) in [5.74, 6) is 0.343. The molecule has 0 aliphatic carbocycles. The van der Waals surface area contributed by atoms with Gasteiger partial charge in [-0.1, -0.05) is 36.4 Å². The number of ether oxygens (including phenoxy) is 1. The van der Waals surface area contributed by atoms with Gasteiger partial charge in [-0.3, -0.25) is 4.79 Å². The van der Waals surface area contributed by atoms with E-state index >= 15 is 0 Å². The van der Waals surface area contributed by atoms with Crippen LogP contribution in [0.25, 0.3) is 0 Å². The Labute approximate surface area is 124 Å². The molecule has 0 atom stereocenters. The average molecular weight is 282 g/mol. The van der Waals surface area contributed by atoms with Crippen molar-refractivity contribution in [3.05, 3.63) is 71.8 Å². The third kappa shape index (κ3) is 3.14. The lowest BCUT2D eigenvalue weighted by Crippen LogP contribution is -2.05. The molecule has 21 heavy (non-hydrogen) atoms. The molecule has 3 heteroatoms. The number of phenols is 1. The van der Waals surface area contributed by atoms with Crippen molar-refractivity contribution in [3.8, 4) is 11.5 Å². The molecule has 0 aromatic heterocycles. The molecule has 0 unspecified atom stereocenters. The third-order valence-electron chi connectivity index (χ3n) is 3.17. The summed E-state index contributed by atoms with van der Waals surface area (Å²) < 4.78 is 5.49. The summed E-state index contributed by atoms with van der Waals surface area (Å²) in [6, 6.07) is 12.2. The fourth-order valence-corrected chi connectivity index (χ4v) is 2.18. The van der Waals surface area contributed by atoms with Gasteiger partial charge >= 0.3 is 0 Å². The summed E-state index contributed by atoms with van der Waals surface area (Å²) in [6.45, 7) is 6.05. The predicted molar refractivity (Wildman–Crippen MR) is 83.1 cm³/mol. The number of rotatable bonds is 6. The van der Waals surface area contributed by atoms with Crippen molar-refractivity contribution in [2.45, 2.75) is 13.3 Å². The van der Waals surface area contributed by atoms with Crippen LogP contribution in [0.5, 0.6) is 11.5 Å². The summed E-state index contributed by atoms with van der Waals surface area (Å²) in [7, 11) is 0. The van der Waals surface area contributed by atoms with E-state index in [-0.39, 0.29) is 17.1 Å². The molecule has 0 radical (unpaired) electrons. The molecule has 0 fully saturated rings. The molecule has 0 amide bonds. The van der Waals surface area contributed by atoms with E-state index in [1.807, 2.05) is 13.0 Å². The maximum Gasteiger partial charge on any atom is 0.196 e. The molecule has 2 aromatic carbocycles. The number of phenolic OH excluding ortho intramolecular Hbond substituents is 1. The highest BCUT2D eigenvalue weighted by molar-refractivity contribution is 6.11. The SMILES string of the molecule is C=CCc1c(OCC)ccc(C(=O)c2ccccc2)c1O.